The molecule has 2 aromatic rings. The Labute approximate surface area is 193 Å². The lowest BCUT2D eigenvalue weighted by molar-refractivity contribution is -0.144. The first kappa shape index (κ1) is 23.3. The Balaban J connectivity index is 1.69. The minimum atomic E-state index is -0.833. The third-order valence-corrected chi connectivity index (χ3v) is 6.77. The first-order valence-electron chi connectivity index (χ1n) is 11.7. The van der Waals surface area contributed by atoms with Crippen molar-refractivity contribution in [2.75, 3.05) is 19.8 Å². The summed E-state index contributed by atoms with van der Waals surface area (Å²) in [6, 6.07) is 4.67. The summed E-state index contributed by atoms with van der Waals surface area (Å²) in [6.45, 7) is 3.43. The molecule has 1 aromatic carbocycles. The molecule has 2 aliphatic rings. The highest BCUT2D eigenvalue weighted by atomic mass is 16.5. The zero-order valence-electron chi connectivity index (χ0n) is 19.0. The smallest absolute Gasteiger partial charge is 0.320 e. The molecule has 1 fully saturated rings. The number of benzene rings is 1. The molecule has 0 spiro atoms. The highest BCUT2D eigenvalue weighted by Gasteiger charge is 2.30. The number of hydrogen-bond donors (Lipinski definition) is 3. The van der Waals surface area contributed by atoms with Crippen molar-refractivity contribution in [1.82, 2.24) is 9.47 Å². The topological polar surface area (TPSA) is 112 Å². The van der Waals surface area contributed by atoms with E-state index in [0.29, 0.717) is 43.9 Å². The summed E-state index contributed by atoms with van der Waals surface area (Å²) in [7, 11) is 0. The van der Waals surface area contributed by atoms with E-state index in [2.05, 4.69) is 11.5 Å². The van der Waals surface area contributed by atoms with E-state index in [1.807, 2.05) is 17.2 Å². The number of aromatic hydroxyl groups is 1. The average molecular weight is 457 g/mol. The summed E-state index contributed by atoms with van der Waals surface area (Å²) in [4.78, 5) is 26.7. The summed E-state index contributed by atoms with van der Waals surface area (Å²) < 4.78 is 7.73. The van der Waals surface area contributed by atoms with Crippen molar-refractivity contribution < 1.29 is 24.9 Å². The van der Waals surface area contributed by atoms with Crippen molar-refractivity contribution in [1.29, 1.82) is 0 Å². The maximum Gasteiger partial charge on any atom is 0.320 e. The molecule has 0 bridgehead atoms. The molecule has 1 saturated heterocycles. The van der Waals surface area contributed by atoms with Crippen LogP contribution < -0.4 is 10.2 Å². The van der Waals surface area contributed by atoms with Gasteiger partial charge in [0.1, 0.15) is 6.04 Å². The maximum atomic E-state index is 13.1. The molecule has 3 N–H and O–H groups in total. The van der Waals surface area contributed by atoms with Gasteiger partial charge in [0.15, 0.2) is 16.9 Å². The van der Waals surface area contributed by atoms with Crippen LogP contribution >= 0.6 is 0 Å². The van der Waals surface area contributed by atoms with Gasteiger partial charge in [-0.2, -0.15) is 0 Å². The van der Waals surface area contributed by atoms with Crippen molar-refractivity contribution in [3.05, 3.63) is 45.7 Å². The zero-order valence-corrected chi connectivity index (χ0v) is 19.0. The lowest BCUT2D eigenvalue weighted by atomic mass is 9.90. The number of aliphatic hydroxyl groups excluding tert-OH is 1. The summed E-state index contributed by atoms with van der Waals surface area (Å²) in [5.41, 5.74) is 3.04. The Morgan fingerprint density at radius 2 is 2.06 bits per heavy atom. The van der Waals surface area contributed by atoms with Crippen molar-refractivity contribution in [2.24, 2.45) is 0 Å². The molecular weight excluding hydrogens is 424 g/mol. The van der Waals surface area contributed by atoms with Crippen molar-refractivity contribution in [3.8, 4) is 22.8 Å². The van der Waals surface area contributed by atoms with Crippen LogP contribution in [0.3, 0.4) is 0 Å². The zero-order chi connectivity index (χ0) is 23.5. The second-order valence-electron chi connectivity index (χ2n) is 8.94. The molecule has 2 aliphatic heterocycles. The standard InChI is InChI=1S/C25H32N2O6/c1-2-18-10-16-11-24(33-9-5-8-28)23(30)12-19(16)21-13-22(29)17(15-27(18)21)14-26-7-4-3-6-20(26)25(31)32/h11-13,15,18,20,28,30H,2-10,14H2,1H3,(H,31,32). The average Bonchev–Trinajstić information content (AvgIpc) is 2.80. The van der Waals surface area contributed by atoms with Gasteiger partial charge in [0.05, 0.1) is 12.3 Å². The van der Waals surface area contributed by atoms with E-state index in [4.69, 9.17) is 9.84 Å². The number of carboxylic acid groups (broad SMARTS) is 1. The Morgan fingerprint density at radius 3 is 2.79 bits per heavy atom. The number of fused-ring (bicyclic) bond motifs is 3. The molecule has 3 heterocycles. The van der Waals surface area contributed by atoms with Crippen LogP contribution in [-0.4, -0.2) is 56.6 Å². The number of nitrogens with zero attached hydrogens (tertiary/aromatic N) is 2. The van der Waals surface area contributed by atoms with E-state index in [1.54, 1.807) is 12.1 Å². The SMILES string of the molecule is CCC1Cc2cc(OCCCO)c(O)cc2-c2cc(=O)c(CN3CCCCC3C(=O)O)cn21. The van der Waals surface area contributed by atoms with Crippen LogP contribution in [0.15, 0.2) is 29.2 Å². The molecule has 0 aliphatic carbocycles. The van der Waals surface area contributed by atoms with E-state index in [-0.39, 0.29) is 23.8 Å². The molecule has 0 radical (unpaired) electrons. The van der Waals surface area contributed by atoms with Crippen LogP contribution in [0.4, 0.5) is 0 Å². The molecule has 178 valence electrons. The van der Waals surface area contributed by atoms with Crippen molar-refractivity contribution in [2.45, 2.75) is 64.1 Å². The molecule has 8 nitrogen and oxygen atoms in total. The quantitative estimate of drug-likeness (QED) is 0.524. The fourth-order valence-corrected chi connectivity index (χ4v) is 4.98. The normalized spacial score (nSPS) is 20.2. The number of phenols is 1. The van der Waals surface area contributed by atoms with E-state index < -0.39 is 12.0 Å². The number of rotatable bonds is 8. The predicted molar refractivity (Wildman–Crippen MR) is 124 cm³/mol. The number of phenolic OH excluding ortho intramolecular Hbond substituents is 1. The predicted octanol–water partition coefficient (Wildman–Crippen LogP) is 2.93. The second-order valence-corrected chi connectivity index (χ2v) is 8.94. The van der Waals surface area contributed by atoms with Crippen LogP contribution in [0.5, 0.6) is 11.5 Å². The molecule has 0 amide bonds. The Morgan fingerprint density at radius 1 is 1.24 bits per heavy atom. The van der Waals surface area contributed by atoms with E-state index in [0.717, 1.165) is 42.5 Å². The van der Waals surface area contributed by atoms with Gasteiger partial charge in [-0.15, -0.1) is 0 Å². The fraction of sp³-hybridized carbons (Fsp3) is 0.520. The van der Waals surface area contributed by atoms with Gasteiger partial charge in [0, 0.05) is 49.0 Å². The number of carbonyl (C=O) groups is 1. The van der Waals surface area contributed by atoms with Crippen LogP contribution in [-0.2, 0) is 17.8 Å². The third kappa shape index (κ3) is 4.77. The van der Waals surface area contributed by atoms with Crippen LogP contribution in [0.1, 0.15) is 56.2 Å². The van der Waals surface area contributed by atoms with E-state index in [9.17, 15) is 19.8 Å². The molecule has 4 rings (SSSR count). The van der Waals surface area contributed by atoms with Crippen LogP contribution in [0, 0.1) is 0 Å². The minimum Gasteiger partial charge on any atom is -0.504 e. The molecule has 0 saturated carbocycles. The summed E-state index contributed by atoms with van der Waals surface area (Å²) in [5.74, 6) is -0.447. The lowest BCUT2D eigenvalue weighted by Crippen LogP contribution is -2.44. The third-order valence-electron chi connectivity index (χ3n) is 6.77. The van der Waals surface area contributed by atoms with Crippen molar-refractivity contribution in [3.63, 3.8) is 0 Å². The summed E-state index contributed by atoms with van der Waals surface area (Å²) in [6.07, 6.45) is 6.38. The van der Waals surface area contributed by atoms with Gasteiger partial charge in [-0.3, -0.25) is 14.5 Å². The van der Waals surface area contributed by atoms with E-state index >= 15 is 0 Å². The van der Waals surface area contributed by atoms with Crippen LogP contribution in [0.2, 0.25) is 0 Å². The summed E-state index contributed by atoms with van der Waals surface area (Å²) >= 11 is 0. The first-order valence-corrected chi connectivity index (χ1v) is 11.7. The first-order chi connectivity index (χ1) is 15.9. The van der Waals surface area contributed by atoms with Gasteiger partial charge in [-0.1, -0.05) is 13.3 Å². The van der Waals surface area contributed by atoms with Gasteiger partial charge in [0.2, 0.25) is 0 Å². The number of likely N-dealkylation sites (tertiary alicyclic amines) is 1. The molecule has 33 heavy (non-hydrogen) atoms. The largest absolute Gasteiger partial charge is 0.504 e. The number of ether oxygens (including phenoxy) is 1. The maximum absolute atomic E-state index is 13.1. The van der Waals surface area contributed by atoms with Crippen LogP contribution in [0.25, 0.3) is 11.3 Å². The lowest BCUT2D eigenvalue weighted by Gasteiger charge is -2.34. The van der Waals surface area contributed by atoms with Gasteiger partial charge < -0.3 is 24.6 Å². The molecule has 2 unspecified atom stereocenters. The number of aliphatic carboxylic acids is 1. The molecular formula is C25H32N2O6. The number of carboxylic acids is 1. The number of piperidine rings is 1. The number of hydrogen-bond acceptors (Lipinski definition) is 6. The number of aromatic nitrogens is 1. The highest BCUT2D eigenvalue weighted by molar-refractivity contribution is 5.73. The summed E-state index contributed by atoms with van der Waals surface area (Å²) in [5, 5.41) is 29.0. The Hall–Kier alpha value is -2.84. The molecule has 2 atom stereocenters. The fourth-order valence-electron chi connectivity index (χ4n) is 4.98. The Bertz CT molecular complexity index is 1080. The number of pyridine rings is 1. The monoisotopic (exact) mass is 456 g/mol. The number of aliphatic hydroxyl groups is 1. The van der Waals surface area contributed by atoms with Gasteiger partial charge in [0.25, 0.3) is 0 Å². The molecule has 8 heteroatoms. The second kappa shape index (κ2) is 9.97. The highest BCUT2D eigenvalue weighted by Crippen LogP contribution is 2.41. The molecule has 1 aromatic heterocycles. The van der Waals surface area contributed by atoms with Crippen molar-refractivity contribution >= 4 is 5.97 Å². The Kier molecular flexibility index (Phi) is 7.05. The van der Waals surface area contributed by atoms with E-state index in [1.165, 1.54) is 0 Å². The van der Waals surface area contributed by atoms with Gasteiger partial charge in [-0.25, -0.2) is 0 Å². The minimum absolute atomic E-state index is 0.00216. The van der Waals surface area contributed by atoms with Gasteiger partial charge >= 0.3 is 5.97 Å². The van der Waals surface area contributed by atoms with Gasteiger partial charge in [-0.05, 0) is 49.9 Å².